The Morgan fingerprint density at radius 2 is 2.12 bits per heavy atom. The topological polar surface area (TPSA) is 111 Å². The van der Waals surface area contributed by atoms with Crippen molar-refractivity contribution < 1.29 is 19.5 Å². The molecule has 4 N–H and O–H groups in total. The van der Waals surface area contributed by atoms with Gasteiger partial charge < -0.3 is 21.1 Å². The van der Waals surface area contributed by atoms with Crippen molar-refractivity contribution >= 4 is 18.0 Å². The van der Waals surface area contributed by atoms with Crippen LogP contribution in [0, 0.1) is 0 Å². The second kappa shape index (κ2) is 4.11. The van der Waals surface area contributed by atoms with Crippen LogP contribution in [0.1, 0.15) is 19.8 Å². The molecule has 4 amide bonds. The summed E-state index contributed by atoms with van der Waals surface area (Å²) in [6.45, 7) is 1.84. The number of aliphatic carboxylic acids is 1. The van der Waals surface area contributed by atoms with Crippen LogP contribution in [-0.2, 0) is 4.79 Å². The normalized spacial score (nSPS) is 28.2. The fourth-order valence-electron chi connectivity index (χ4n) is 2.15. The molecule has 8 nitrogen and oxygen atoms in total. The molecule has 0 aromatic rings. The third-order valence-corrected chi connectivity index (χ3v) is 2.88. The van der Waals surface area contributed by atoms with Gasteiger partial charge >= 0.3 is 18.0 Å². The first-order valence-electron chi connectivity index (χ1n) is 5.43. The zero-order chi connectivity index (χ0) is 12.6. The van der Waals surface area contributed by atoms with Crippen LogP contribution in [0.25, 0.3) is 0 Å². The van der Waals surface area contributed by atoms with Gasteiger partial charge in [0.25, 0.3) is 0 Å². The van der Waals surface area contributed by atoms with E-state index in [-0.39, 0.29) is 0 Å². The number of carbonyl (C=O) groups is 3. The Balaban J connectivity index is 2.20. The third-order valence-electron chi connectivity index (χ3n) is 2.88. The Morgan fingerprint density at radius 1 is 1.41 bits per heavy atom. The van der Waals surface area contributed by atoms with E-state index in [1.54, 1.807) is 0 Å². The van der Waals surface area contributed by atoms with Gasteiger partial charge in [0, 0.05) is 0 Å². The summed E-state index contributed by atoms with van der Waals surface area (Å²) in [5, 5.41) is 16.6. The highest BCUT2D eigenvalue weighted by Gasteiger charge is 2.49. The fourth-order valence-corrected chi connectivity index (χ4v) is 2.15. The number of urea groups is 2. The van der Waals surface area contributed by atoms with Gasteiger partial charge in [0.15, 0.2) is 0 Å². The van der Waals surface area contributed by atoms with Gasteiger partial charge in [-0.15, -0.1) is 0 Å². The van der Waals surface area contributed by atoms with E-state index in [2.05, 4.69) is 16.0 Å². The largest absolute Gasteiger partial charge is 0.480 e. The van der Waals surface area contributed by atoms with Crippen molar-refractivity contribution in [1.82, 2.24) is 20.9 Å². The molecule has 2 heterocycles. The summed E-state index contributed by atoms with van der Waals surface area (Å²) < 4.78 is 0. The molecular weight excluding hydrogens is 228 g/mol. The highest BCUT2D eigenvalue weighted by molar-refractivity contribution is 5.88. The first-order chi connectivity index (χ1) is 8.04. The summed E-state index contributed by atoms with van der Waals surface area (Å²) in [5.74, 6) is -1.07. The van der Waals surface area contributed by atoms with Gasteiger partial charge in [0.05, 0.1) is 0 Å². The van der Waals surface area contributed by atoms with Crippen molar-refractivity contribution in [2.75, 3.05) is 0 Å². The van der Waals surface area contributed by atoms with E-state index < -0.39 is 36.4 Å². The average molecular weight is 242 g/mol. The minimum Gasteiger partial charge on any atom is -0.480 e. The Kier molecular flexibility index (Phi) is 2.78. The minimum absolute atomic E-state index is 0.349. The molecule has 0 spiro atoms. The minimum atomic E-state index is -1.07. The van der Waals surface area contributed by atoms with E-state index in [9.17, 15) is 14.4 Å². The molecule has 8 heteroatoms. The van der Waals surface area contributed by atoms with Crippen LogP contribution in [-0.4, -0.2) is 46.4 Å². The smallest absolute Gasteiger partial charge is 0.326 e. The average Bonchev–Trinajstić information content (AvgIpc) is 2.70. The van der Waals surface area contributed by atoms with Crippen molar-refractivity contribution in [2.24, 2.45) is 0 Å². The lowest BCUT2D eigenvalue weighted by Crippen LogP contribution is -2.52. The predicted octanol–water partition coefficient (Wildman–Crippen LogP) is -0.770. The van der Waals surface area contributed by atoms with E-state index in [0.717, 1.165) is 0 Å². The van der Waals surface area contributed by atoms with Crippen molar-refractivity contribution in [1.29, 1.82) is 0 Å². The maximum absolute atomic E-state index is 11.7. The molecule has 0 aliphatic carbocycles. The van der Waals surface area contributed by atoms with E-state index >= 15 is 0 Å². The molecule has 0 radical (unpaired) electrons. The molecule has 2 aliphatic rings. The van der Waals surface area contributed by atoms with Gasteiger partial charge in [-0.2, -0.15) is 0 Å². The van der Waals surface area contributed by atoms with E-state index in [1.807, 2.05) is 6.92 Å². The predicted molar refractivity (Wildman–Crippen MR) is 55.9 cm³/mol. The molecule has 0 aromatic carbocycles. The quantitative estimate of drug-likeness (QED) is 0.518. The highest BCUT2D eigenvalue weighted by Crippen LogP contribution is 2.20. The Bertz CT molecular complexity index is 372. The number of carboxylic acids is 1. The molecule has 2 rings (SSSR count). The van der Waals surface area contributed by atoms with Crippen LogP contribution >= 0.6 is 0 Å². The molecule has 0 unspecified atom stereocenters. The Hall–Kier alpha value is -1.99. The molecular formula is C9H14N4O4. The summed E-state index contributed by atoms with van der Waals surface area (Å²) in [4.78, 5) is 35.1. The third kappa shape index (κ3) is 1.85. The van der Waals surface area contributed by atoms with Gasteiger partial charge in [-0.1, -0.05) is 13.3 Å². The van der Waals surface area contributed by atoms with Crippen LogP contribution in [0.2, 0.25) is 0 Å². The zero-order valence-electron chi connectivity index (χ0n) is 9.27. The van der Waals surface area contributed by atoms with Crippen molar-refractivity contribution in [3.8, 4) is 0 Å². The standard InChI is InChI=1S/C9H14N4O4/c1-2-3-4(7(14)15)13-6-5(11-9(13)17)10-8(16)12-6/h4-6H,2-3H2,1H3,(H,11,17)(H,14,15)(H2,10,12,16)/t4-,5-,6+/m0/s1. The Labute approximate surface area is 97.3 Å². The summed E-state index contributed by atoms with van der Waals surface area (Å²) in [6.07, 6.45) is -0.210. The Morgan fingerprint density at radius 3 is 2.71 bits per heavy atom. The molecule has 3 atom stereocenters. The summed E-state index contributed by atoms with van der Waals surface area (Å²) >= 11 is 0. The van der Waals surface area contributed by atoms with Crippen molar-refractivity contribution in [2.45, 2.75) is 38.1 Å². The first-order valence-corrected chi connectivity index (χ1v) is 5.43. The van der Waals surface area contributed by atoms with Gasteiger partial charge in [-0.25, -0.2) is 14.4 Å². The molecule has 2 fully saturated rings. The van der Waals surface area contributed by atoms with E-state index in [0.29, 0.717) is 12.8 Å². The van der Waals surface area contributed by atoms with Crippen LogP contribution in [0.5, 0.6) is 0 Å². The van der Waals surface area contributed by atoms with Crippen molar-refractivity contribution in [3.63, 3.8) is 0 Å². The van der Waals surface area contributed by atoms with Gasteiger partial charge in [-0.05, 0) is 6.42 Å². The molecule has 0 aromatic heterocycles. The summed E-state index contributed by atoms with van der Waals surface area (Å²) in [5.41, 5.74) is 0. The zero-order valence-corrected chi connectivity index (χ0v) is 9.27. The van der Waals surface area contributed by atoms with Crippen LogP contribution < -0.4 is 16.0 Å². The number of amides is 4. The van der Waals surface area contributed by atoms with Gasteiger partial charge in [0.2, 0.25) is 0 Å². The SMILES string of the molecule is CCC[C@@H](C(=O)O)N1C(=O)N[C@@H]2NC(=O)N[C@@H]21. The second-order valence-electron chi connectivity index (χ2n) is 4.04. The molecule has 94 valence electrons. The number of nitrogens with zero attached hydrogens (tertiary/aromatic N) is 1. The maximum Gasteiger partial charge on any atom is 0.326 e. The van der Waals surface area contributed by atoms with E-state index in [1.165, 1.54) is 4.90 Å². The lowest BCUT2D eigenvalue weighted by Gasteiger charge is -2.27. The number of nitrogens with one attached hydrogen (secondary N) is 3. The van der Waals surface area contributed by atoms with Crippen LogP contribution in [0.15, 0.2) is 0 Å². The second-order valence-corrected chi connectivity index (χ2v) is 4.04. The lowest BCUT2D eigenvalue weighted by molar-refractivity contribution is -0.143. The fraction of sp³-hybridized carbons (Fsp3) is 0.667. The molecule has 17 heavy (non-hydrogen) atoms. The van der Waals surface area contributed by atoms with Gasteiger partial charge in [0.1, 0.15) is 18.4 Å². The highest BCUT2D eigenvalue weighted by atomic mass is 16.4. The number of fused-ring (bicyclic) bond motifs is 1. The summed E-state index contributed by atoms with van der Waals surface area (Å²) in [7, 11) is 0. The molecule has 2 aliphatic heterocycles. The molecule has 2 saturated heterocycles. The van der Waals surface area contributed by atoms with Crippen LogP contribution in [0.4, 0.5) is 9.59 Å². The number of rotatable bonds is 4. The number of carboxylic acid groups (broad SMARTS) is 1. The number of hydrogen-bond acceptors (Lipinski definition) is 3. The number of hydrogen-bond donors (Lipinski definition) is 4. The van der Waals surface area contributed by atoms with Gasteiger partial charge in [-0.3, -0.25) is 4.90 Å². The van der Waals surface area contributed by atoms with E-state index in [4.69, 9.17) is 5.11 Å². The molecule has 0 saturated carbocycles. The number of carbonyl (C=O) groups excluding carboxylic acids is 2. The monoisotopic (exact) mass is 242 g/mol. The lowest BCUT2D eigenvalue weighted by atomic mass is 10.1. The van der Waals surface area contributed by atoms with Crippen LogP contribution in [0.3, 0.4) is 0 Å². The summed E-state index contributed by atoms with van der Waals surface area (Å²) in [6, 6.07) is -1.81. The maximum atomic E-state index is 11.7. The first kappa shape index (κ1) is 11.5. The molecule has 0 bridgehead atoms. The van der Waals surface area contributed by atoms with Crippen molar-refractivity contribution in [3.05, 3.63) is 0 Å².